The van der Waals surface area contributed by atoms with Crippen molar-refractivity contribution in [3.8, 4) is 0 Å². The molecule has 3 unspecified atom stereocenters. The van der Waals surface area contributed by atoms with Crippen LogP contribution in [0.5, 0.6) is 0 Å². The van der Waals surface area contributed by atoms with Crippen LogP contribution in [0.25, 0.3) is 0 Å². The third-order valence-corrected chi connectivity index (χ3v) is 6.42. The summed E-state index contributed by atoms with van der Waals surface area (Å²) in [6, 6.07) is 8.69. The zero-order valence-electron chi connectivity index (χ0n) is 16.5. The van der Waals surface area contributed by atoms with Gasteiger partial charge in [0.25, 0.3) is 0 Å². The van der Waals surface area contributed by atoms with Gasteiger partial charge in [-0.25, -0.2) is 8.42 Å². The Bertz CT molecular complexity index is 691. The van der Waals surface area contributed by atoms with Crippen molar-refractivity contribution in [1.82, 2.24) is 5.32 Å². The molecule has 0 heterocycles. The molecule has 2 rings (SSSR count). The van der Waals surface area contributed by atoms with E-state index in [1.54, 1.807) is 24.3 Å². The van der Waals surface area contributed by atoms with E-state index in [9.17, 15) is 13.2 Å². The highest BCUT2D eigenvalue weighted by Gasteiger charge is 2.31. The van der Waals surface area contributed by atoms with E-state index >= 15 is 0 Å². The predicted molar refractivity (Wildman–Crippen MR) is 108 cm³/mol. The first-order valence-electron chi connectivity index (χ1n) is 9.70. The molecule has 1 fully saturated rings. The van der Waals surface area contributed by atoms with E-state index in [1.165, 1.54) is 6.42 Å². The van der Waals surface area contributed by atoms with Crippen LogP contribution in [0.1, 0.15) is 40.0 Å². The topological polar surface area (TPSA) is 84.5 Å². The molecule has 0 aromatic heterocycles. The summed E-state index contributed by atoms with van der Waals surface area (Å²) in [5.74, 6) is 1.17. The van der Waals surface area contributed by atoms with Crippen molar-refractivity contribution in [2.24, 2.45) is 17.8 Å². The van der Waals surface area contributed by atoms with Crippen molar-refractivity contribution < 1.29 is 17.9 Å². The number of hydrogen-bond donors (Lipinski definition) is 2. The van der Waals surface area contributed by atoms with Gasteiger partial charge < -0.3 is 10.1 Å². The molecule has 1 aliphatic rings. The summed E-state index contributed by atoms with van der Waals surface area (Å²) in [6.07, 6.45) is 3.42. The summed E-state index contributed by atoms with van der Waals surface area (Å²) in [5.41, 5.74) is 0.512. The number of rotatable bonds is 9. The van der Waals surface area contributed by atoms with Crippen LogP contribution in [0.2, 0.25) is 0 Å². The lowest BCUT2D eigenvalue weighted by atomic mass is 9.75. The highest BCUT2D eigenvalue weighted by molar-refractivity contribution is 7.92. The van der Waals surface area contributed by atoms with Crippen LogP contribution in [0, 0.1) is 17.8 Å². The molecule has 0 bridgehead atoms. The van der Waals surface area contributed by atoms with Gasteiger partial charge in [0.1, 0.15) is 6.61 Å². The second-order valence-electron chi connectivity index (χ2n) is 7.81. The van der Waals surface area contributed by atoms with E-state index in [1.807, 2.05) is 6.07 Å². The molecule has 6 nitrogen and oxygen atoms in total. The Morgan fingerprint density at radius 3 is 2.59 bits per heavy atom. The van der Waals surface area contributed by atoms with Crippen molar-refractivity contribution in [3.63, 3.8) is 0 Å². The normalized spacial score (nSPS) is 23.2. The van der Waals surface area contributed by atoms with E-state index in [2.05, 4.69) is 30.8 Å². The molecule has 3 atom stereocenters. The Morgan fingerprint density at radius 1 is 1.22 bits per heavy atom. The van der Waals surface area contributed by atoms with Gasteiger partial charge in [0.2, 0.25) is 15.9 Å². The molecule has 0 radical (unpaired) electrons. The fourth-order valence-electron chi connectivity index (χ4n) is 3.60. The second-order valence-corrected chi connectivity index (χ2v) is 9.65. The minimum atomic E-state index is -3.50. The van der Waals surface area contributed by atoms with Crippen LogP contribution < -0.4 is 10.0 Å². The van der Waals surface area contributed by atoms with Crippen molar-refractivity contribution in [2.45, 2.75) is 46.1 Å². The maximum Gasteiger partial charge on any atom is 0.246 e. The molecule has 1 amide bonds. The number of para-hydroxylation sites is 1. The number of carbonyl (C=O) groups excluding carboxylic acids is 1. The molecule has 1 saturated carbocycles. The number of carbonyl (C=O) groups is 1. The first-order chi connectivity index (χ1) is 12.8. The molecule has 0 aliphatic heterocycles. The largest absolute Gasteiger partial charge is 0.368 e. The van der Waals surface area contributed by atoms with E-state index in [0.29, 0.717) is 23.4 Å². The third kappa shape index (κ3) is 7.50. The first-order valence-corrected chi connectivity index (χ1v) is 11.4. The summed E-state index contributed by atoms with van der Waals surface area (Å²) in [5, 5.41) is 2.64. The zero-order valence-corrected chi connectivity index (χ0v) is 17.3. The van der Waals surface area contributed by atoms with E-state index in [-0.39, 0.29) is 30.9 Å². The SMILES string of the molecule is CC1CCC(C(C)C)C(OCC(=O)NCCS(=O)(=O)Nc2ccccc2)C1. The molecular formula is C20H32N2O4S. The van der Waals surface area contributed by atoms with Crippen LogP contribution >= 0.6 is 0 Å². The van der Waals surface area contributed by atoms with Crippen LogP contribution in [0.3, 0.4) is 0 Å². The Kier molecular flexibility index (Phi) is 8.10. The number of amides is 1. The Balaban J connectivity index is 1.72. The first kappa shape index (κ1) is 21.7. The van der Waals surface area contributed by atoms with Gasteiger partial charge >= 0.3 is 0 Å². The van der Waals surface area contributed by atoms with Crippen LogP contribution in [0.15, 0.2) is 30.3 Å². The number of hydrogen-bond acceptors (Lipinski definition) is 4. The van der Waals surface area contributed by atoms with Gasteiger partial charge in [0, 0.05) is 12.2 Å². The van der Waals surface area contributed by atoms with E-state index in [0.717, 1.165) is 12.8 Å². The van der Waals surface area contributed by atoms with E-state index < -0.39 is 10.0 Å². The van der Waals surface area contributed by atoms with Crippen molar-refractivity contribution in [2.75, 3.05) is 23.6 Å². The van der Waals surface area contributed by atoms with Crippen LogP contribution in [-0.4, -0.2) is 39.3 Å². The van der Waals surface area contributed by atoms with Crippen LogP contribution in [-0.2, 0) is 19.6 Å². The molecule has 0 saturated heterocycles. The number of sulfonamides is 1. The average molecular weight is 397 g/mol. The summed E-state index contributed by atoms with van der Waals surface area (Å²) in [7, 11) is -3.50. The third-order valence-electron chi connectivity index (χ3n) is 5.13. The van der Waals surface area contributed by atoms with Gasteiger partial charge in [-0.05, 0) is 42.7 Å². The maximum atomic E-state index is 12.0. The predicted octanol–water partition coefficient (Wildman–Crippen LogP) is 3.02. The van der Waals surface area contributed by atoms with Crippen molar-refractivity contribution in [3.05, 3.63) is 30.3 Å². The van der Waals surface area contributed by atoms with Gasteiger partial charge in [0.15, 0.2) is 0 Å². The molecule has 7 heteroatoms. The molecule has 0 spiro atoms. The highest BCUT2D eigenvalue weighted by atomic mass is 32.2. The van der Waals surface area contributed by atoms with Gasteiger partial charge in [-0.1, -0.05) is 45.4 Å². The lowest BCUT2D eigenvalue weighted by Gasteiger charge is -2.37. The maximum absolute atomic E-state index is 12.0. The zero-order chi connectivity index (χ0) is 19.9. The number of nitrogens with one attached hydrogen (secondary N) is 2. The monoisotopic (exact) mass is 396 g/mol. The minimum absolute atomic E-state index is 0.0211. The van der Waals surface area contributed by atoms with Gasteiger partial charge in [-0.2, -0.15) is 0 Å². The molecule has 2 N–H and O–H groups in total. The summed E-state index contributed by atoms with van der Waals surface area (Å²) in [4.78, 5) is 12.0. The Morgan fingerprint density at radius 2 is 1.93 bits per heavy atom. The summed E-state index contributed by atoms with van der Waals surface area (Å²) >= 11 is 0. The average Bonchev–Trinajstić information content (AvgIpc) is 2.60. The molecule has 27 heavy (non-hydrogen) atoms. The lowest BCUT2D eigenvalue weighted by molar-refractivity contribution is -0.131. The Labute approximate surface area is 163 Å². The van der Waals surface area contributed by atoms with Gasteiger partial charge in [-0.15, -0.1) is 0 Å². The molecule has 1 aromatic rings. The second kappa shape index (κ2) is 10.1. The molecular weight excluding hydrogens is 364 g/mol. The molecule has 1 aliphatic carbocycles. The fraction of sp³-hybridized carbons (Fsp3) is 0.650. The van der Waals surface area contributed by atoms with E-state index in [4.69, 9.17) is 4.74 Å². The van der Waals surface area contributed by atoms with Gasteiger partial charge in [0.05, 0.1) is 11.9 Å². The van der Waals surface area contributed by atoms with Gasteiger partial charge in [-0.3, -0.25) is 9.52 Å². The van der Waals surface area contributed by atoms with Crippen LogP contribution in [0.4, 0.5) is 5.69 Å². The van der Waals surface area contributed by atoms with Crippen molar-refractivity contribution in [1.29, 1.82) is 0 Å². The smallest absolute Gasteiger partial charge is 0.246 e. The lowest BCUT2D eigenvalue weighted by Crippen LogP contribution is -2.38. The highest BCUT2D eigenvalue weighted by Crippen LogP contribution is 2.35. The quantitative estimate of drug-likeness (QED) is 0.672. The molecule has 1 aromatic carbocycles. The fourth-order valence-corrected chi connectivity index (χ4v) is 4.57. The standard InChI is InChI=1S/C20H32N2O4S/c1-15(2)18-10-9-16(3)13-19(18)26-14-20(23)21-11-12-27(24,25)22-17-7-5-4-6-8-17/h4-8,15-16,18-19,22H,9-14H2,1-3H3,(H,21,23). The minimum Gasteiger partial charge on any atom is -0.368 e. The molecule has 152 valence electrons. The summed E-state index contributed by atoms with van der Waals surface area (Å²) < 4.78 is 32.5. The number of benzene rings is 1. The number of ether oxygens (including phenoxy) is 1. The number of anilines is 1. The van der Waals surface area contributed by atoms with Crippen molar-refractivity contribution >= 4 is 21.6 Å². The Hall–Kier alpha value is -1.60. The summed E-state index contributed by atoms with van der Waals surface area (Å²) in [6.45, 7) is 6.65.